The lowest BCUT2D eigenvalue weighted by molar-refractivity contribution is 0.415. The number of rotatable bonds is 6. The summed E-state index contributed by atoms with van der Waals surface area (Å²) in [5, 5.41) is 7.54. The molecular formula is C19H18N6O3S. The van der Waals surface area contributed by atoms with Gasteiger partial charge in [-0.1, -0.05) is 6.92 Å². The molecule has 0 aliphatic rings. The van der Waals surface area contributed by atoms with Crippen LogP contribution in [0.2, 0.25) is 0 Å². The maximum atomic E-state index is 12.2. The molecule has 29 heavy (non-hydrogen) atoms. The van der Waals surface area contributed by atoms with Crippen LogP contribution in [0.1, 0.15) is 6.92 Å². The fourth-order valence-corrected chi connectivity index (χ4v) is 3.62. The molecule has 0 fully saturated rings. The van der Waals surface area contributed by atoms with E-state index in [2.05, 4.69) is 25.4 Å². The molecule has 3 heterocycles. The average molecular weight is 410 g/mol. The summed E-state index contributed by atoms with van der Waals surface area (Å²) < 4.78 is 31.1. The van der Waals surface area contributed by atoms with Crippen molar-refractivity contribution in [1.82, 2.24) is 24.6 Å². The summed E-state index contributed by atoms with van der Waals surface area (Å²) in [5.74, 6) is 1.13. The Hall–Kier alpha value is -3.53. The highest BCUT2D eigenvalue weighted by Crippen LogP contribution is 2.25. The highest BCUT2D eigenvalue weighted by molar-refractivity contribution is 7.91. The third kappa shape index (κ3) is 3.74. The second kappa shape index (κ2) is 7.47. The van der Waals surface area contributed by atoms with E-state index in [1.54, 1.807) is 43.2 Å². The molecule has 0 aliphatic carbocycles. The van der Waals surface area contributed by atoms with Crippen LogP contribution in [0.4, 0.5) is 11.6 Å². The van der Waals surface area contributed by atoms with Gasteiger partial charge in [0, 0.05) is 36.0 Å². The summed E-state index contributed by atoms with van der Waals surface area (Å²) in [5.41, 5.74) is 2.32. The van der Waals surface area contributed by atoms with Crippen LogP contribution in [0.3, 0.4) is 0 Å². The number of nitrogens with zero attached hydrogens (tertiary/aromatic N) is 5. The van der Waals surface area contributed by atoms with Crippen molar-refractivity contribution in [3.8, 4) is 17.0 Å². The fraction of sp³-hybridized carbons (Fsp3) is 0.158. The number of methoxy groups -OCH3 is 1. The Morgan fingerprint density at radius 2 is 1.97 bits per heavy atom. The molecule has 0 spiro atoms. The van der Waals surface area contributed by atoms with Gasteiger partial charge in [0.1, 0.15) is 11.4 Å². The predicted octanol–water partition coefficient (Wildman–Crippen LogP) is 2.73. The normalized spacial score (nSPS) is 11.5. The standard InChI is InChI=1S/C19H18N6O3S/c1-3-29(26,27)16-10-13(11-20-12-16)17-18-23-19(24-25(18)9-8-21-17)22-14-4-6-15(28-2)7-5-14/h4-12H,3H2,1-2H3,(H,22,24). The molecular weight excluding hydrogens is 392 g/mol. The van der Waals surface area contributed by atoms with E-state index in [-0.39, 0.29) is 10.6 Å². The number of pyridine rings is 1. The number of sulfone groups is 1. The van der Waals surface area contributed by atoms with Gasteiger partial charge in [-0.3, -0.25) is 9.97 Å². The van der Waals surface area contributed by atoms with E-state index in [9.17, 15) is 8.42 Å². The number of nitrogens with one attached hydrogen (secondary N) is 1. The zero-order valence-corrected chi connectivity index (χ0v) is 16.6. The molecule has 0 atom stereocenters. The Labute approximate surface area is 167 Å². The molecule has 0 amide bonds. The molecule has 3 aromatic heterocycles. The van der Waals surface area contributed by atoms with Crippen LogP contribution >= 0.6 is 0 Å². The number of ether oxygens (including phenoxy) is 1. The third-order valence-electron chi connectivity index (χ3n) is 4.33. The summed E-state index contributed by atoms with van der Waals surface area (Å²) in [7, 11) is -1.77. The minimum absolute atomic E-state index is 0.00335. The lowest BCUT2D eigenvalue weighted by Gasteiger charge is -2.05. The van der Waals surface area contributed by atoms with Crippen LogP contribution in [-0.2, 0) is 9.84 Å². The molecule has 1 N–H and O–H groups in total. The van der Waals surface area contributed by atoms with Gasteiger partial charge in [0.15, 0.2) is 15.5 Å². The summed E-state index contributed by atoms with van der Waals surface area (Å²) >= 11 is 0. The van der Waals surface area contributed by atoms with Crippen LogP contribution in [0.25, 0.3) is 16.9 Å². The van der Waals surface area contributed by atoms with Gasteiger partial charge in [0.05, 0.1) is 17.8 Å². The molecule has 0 unspecified atom stereocenters. The number of hydrogen-bond donors (Lipinski definition) is 1. The Kier molecular flexibility index (Phi) is 4.85. The van der Waals surface area contributed by atoms with Gasteiger partial charge in [-0.15, -0.1) is 5.10 Å². The molecule has 148 valence electrons. The highest BCUT2D eigenvalue weighted by atomic mass is 32.2. The van der Waals surface area contributed by atoms with E-state index in [0.29, 0.717) is 22.9 Å². The van der Waals surface area contributed by atoms with Gasteiger partial charge in [-0.25, -0.2) is 12.9 Å². The van der Waals surface area contributed by atoms with Gasteiger partial charge >= 0.3 is 0 Å². The largest absolute Gasteiger partial charge is 0.497 e. The van der Waals surface area contributed by atoms with Crippen LogP contribution in [0.15, 0.2) is 60.0 Å². The fourth-order valence-electron chi connectivity index (χ4n) is 2.76. The Bertz CT molecular complexity index is 1270. The lowest BCUT2D eigenvalue weighted by Crippen LogP contribution is -2.04. The van der Waals surface area contributed by atoms with Crippen molar-refractivity contribution in [3.63, 3.8) is 0 Å². The second-order valence-corrected chi connectivity index (χ2v) is 8.42. The van der Waals surface area contributed by atoms with E-state index < -0.39 is 9.84 Å². The van der Waals surface area contributed by atoms with E-state index in [1.165, 1.54) is 6.20 Å². The number of anilines is 2. The predicted molar refractivity (Wildman–Crippen MR) is 108 cm³/mol. The maximum Gasteiger partial charge on any atom is 0.247 e. The SMILES string of the molecule is CCS(=O)(=O)c1cncc(-c2nccn3nc(Nc4ccc(OC)cc4)nc23)c1. The smallest absolute Gasteiger partial charge is 0.247 e. The van der Waals surface area contributed by atoms with Crippen molar-refractivity contribution < 1.29 is 13.2 Å². The first-order chi connectivity index (χ1) is 14.0. The van der Waals surface area contributed by atoms with Crippen molar-refractivity contribution in [2.75, 3.05) is 18.2 Å². The summed E-state index contributed by atoms with van der Waals surface area (Å²) in [6.07, 6.45) is 6.14. The molecule has 4 rings (SSSR count). The van der Waals surface area contributed by atoms with Gasteiger partial charge in [0.2, 0.25) is 5.95 Å². The zero-order chi connectivity index (χ0) is 20.4. The summed E-state index contributed by atoms with van der Waals surface area (Å²) in [6.45, 7) is 1.59. The summed E-state index contributed by atoms with van der Waals surface area (Å²) in [4.78, 5) is 13.1. The second-order valence-electron chi connectivity index (χ2n) is 6.15. The van der Waals surface area contributed by atoms with Gasteiger partial charge in [-0.05, 0) is 30.3 Å². The average Bonchev–Trinajstić information content (AvgIpc) is 3.16. The van der Waals surface area contributed by atoms with Crippen LogP contribution in [0.5, 0.6) is 5.75 Å². The number of fused-ring (bicyclic) bond motifs is 1. The molecule has 10 heteroatoms. The van der Waals surface area contributed by atoms with Crippen LogP contribution < -0.4 is 10.1 Å². The molecule has 0 bridgehead atoms. The molecule has 0 aliphatic heterocycles. The van der Waals surface area contributed by atoms with E-state index in [1.807, 2.05) is 24.3 Å². The molecule has 0 radical (unpaired) electrons. The Morgan fingerprint density at radius 3 is 2.69 bits per heavy atom. The molecule has 1 aromatic carbocycles. The van der Waals surface area contributed by atoms with Crippen molar-refractivity contribution in [1.29, 1.82) is 0 Å². The first kappa shape index (κ1) is 18.8. The Morgan fingerprint density at radius 1 is 1.17 bits per heavy atom. The van der Waals surface area contributed by atoms with Crippen molar-refractivity contribution >= 4 is 27.1 Å². The van der Waals surface area contributed by atoms with Crippen molar-refractivity contribution in [3.05, 3.63) is 55.1 Å². The van der Waals surface area contributed by atoms with E-state index in [0.717, 1.165) is 11.4 Å². The molecule has 0 saturated heterocycles. The summed E-state index contributed by atoms with van der Waals surface area (Å²) in [6, 6.07) is 8.92. The first-order valence-electron chi connectivity index (χ1n) is 8.81. The van der Waals surface area contributed by atoms with E-state index in [4.69, 9.17) is 4.74 Å². The zero-order valence-electron chi connectivity index (χ0n) is 15.8. The minimum Gasteiger partial charge on any atom is -0.497 e. The highest BCUT2D eigenvalue weighted by Gasteiger charge is 2.16. The Balaban J connectivity index is 1.72. The molecule has 0 saturated carbocycles. The maximum absolute atomic E-state index is 12.2. The monoisotopic (exact) mass is 410 g/mol. The minimum atomic E-state index is -3.38. The quantitative estimate of drug-likeness (QED) is 0.516. The molecule has 4 aromatic rings. The number of benzene rings is 1. The van der Waals surface area contributed by atoms with Crippen LogP contribution in [0, 0.1) is 0 Å². The van der Waals surface area contributed by atoms with Gasteiger partial charge in [-0.2, -0.15) is 4.98 Å². The third-order valence-corrected chi connectivity index (χ3v) is 6.03. The van der Waals surface area contributed by atoms with Crippen molar-refractivity contribution in [2.45, 2.75) is 11.8 Å². The topological polar surface area (TPSA) is 111 Å². The number of aromatic nitrogens is 5. The van der Waals surface area contributed by atoms with Gasteiger partial charge in [0.25, 0.3) is 0 Å². The van der Waals surface area contributed by atoms with E-state index >= 15 is 0 Å². The number of hydrogen-bond acceptors (Lipinski definition) is 8. The van der Waals surface area contributed by atoms with Crippen molar-refractivity contribution in [2.24, 2.45) is 0 Å². The first-order valence-corrected chi connectivity index (χ1v) is 10.5. The van der Waals surface area contributed by atoms with Gasteiger partial charge < -0.3 is 10.1 Å². The molecule has 9 nitrogen and oxygen atoms in total. The lowest BCUT2D eigenvalue weighted by atomic mass is 10.2. The van der Waals surface area contributed by atoms with Crippen LogP contribution in [-0.4, -0.2) is 45.8 Å².